The van der Waals surface area contributed by atoms with Crippen LogP contribution in [0.15, 0.2) is 18.2 Å². The topological polar surface area (TPSA) is 76.4 Å². The summed E-state index contributed by atoms with van der Waals surface area (Å²) < 4.78 is 9.90. The van der Waals surface area contributed by atoms with Crippen molar-refractivity contribution in [1.29, 1.82) is 5.26 Å². The molecule has 1 aromatic rings. The normalized spacial score (nSPS) is 9.65. The van der Waals surface area contributed by atoms with Gasteiger partial charge in [0.2, 0.25) is 0 Å². The number of hydrogen-bond acceptors (Lipinski definition) is 5. The number of carbonyl (C=O) groups excluding carboxylic acids is 2. The third-order valence-electron chi connectivity index (χ3n) is 2.67. The summed E-state index contributed by atoms with van der Waals surface area (Å²) in [5.41, 5.74) is 0.692. The highest BCUT2D eigenvalue weighted by Gasteiger charge is 2.12. The van der Waals surface area contributed by atoms with E-state index < -0.39 is 0 Å². The first-order valence-corrected chi connectivity index (χ1v) is 6.39. The molecule has 0 aliphatic carbocycles. The van der Waals surface area contributed by atoms with Crippen LogP contribution in [0, 0.1) is 11.3 Å². The van der Waals surface area contributed by atoms with Crippen LogP contribution in [-0.2, 0) is 9.53 Å². The Morgan fingerprint density at radius 1 is 1.30 bits per heavy atom. The number of ether oxygens (including phenoxy) is 2. The summed E-state index contributed by atoms with van der Waals surface area (Å²) in [6, 6.07) is 6.59. The number of ketones is 1. The van der Waals surface area contributed by atoms with E-state index in [0.717, 1.165) is 6.42 Å². The number of nitriles is 1. The lowest BCUT2D eigenvalue weighted by molar-refractivity contribution is -0.143. The first kappa shape index (κ1) is 15.7. The van der Waals surface area contributed by atoms with E-state index in [1.165, 1.54) is 13.2 Å². The zero-order chi connectivity index (χ0) is 15.0. The zero-order valence-corrected chi connectivity index (χ0v) is 11.6. The number of rotatable bonds is 7. The summed E-state index contributed by atoms with van der Waals surface area (Å²) in [7, 11) is 1.46. The second-order valence-corrected chi connectivity index (χ2v) is 4.17. The van der Waals surface area contributed by atoms with Crippen LogP contribution >= 0.6 is 0 Å². The Hall–Kier alpha value is -2.35. The van der Waals surface area contributed by atoms with Gasteiger partial charge in [-0.05, 0) is 24.6 Å². The maximum atomic E-state index is 11.9. The summed E-state index contributed by atoms with van der Waals surface area (Å²) in [6.07, 6.45) is 0.871. The molecule has 5 nitrogen and oxygen atoms in total. The standard InChI is InChI=1S/C15H17NO4/c1-3-8-20-15(18)7-5-13(17)11-4-6-14(19-2)12(9-11)10-16/h4,6,9H,3,5,7-8H2,1-2H3. The first-order valence-electron chi connectivity index (χ1n) is 6.39. The van der Waals surface area contributed by atoms with Crippen LogP contribution in [0.25, 0.3) is 0 Å². The molecule has 1 rings (SSSR count). The number of carbonyl (C=O) groups is 2. The predicted octanol–water partition coefficient (Wildman–Crippen LogP) is 2.48. The first-order chi connectivity index (χ1) is 9.62. The summed E-state index contributed by atoms with van der Waals surface area (Å²) in [4.78, 5) is 23.2. The van der Waals surface area contributed by atoms with Gasteiger partial charge in [0.15, 0.2) is 5.78 Å². The number of Topliss-reactive ketones (excluding diaryl/α,β-unsaturated/α-hetero) is 1. The van der Waals surface area contributed by atoms with Gasteiger partial charge in [0, 0.05) is 12.0 Å². The van der Waals surface area contributed by atoms with E-state index in [1.54, 1.807) is 12.1 Å². The molecule has 0 fully saturated rings. The highest BCUT2D eigenvalue weighted by atomic mass is 16.5. The largest absolute Gasteiger partial charge is 0.495 e. The average Bonchev–Trinajstić information content (AvgIpc) is 2.49. The van der Waals surface area contributed by atoms with Crippen LogP contribution in [0.1, 0.15) is 42.1 Å². The minimum absolute atomic E-state index is 0.0484. The lowest BCUT2D eigenvalue weighted by atomic mass is 10.0. The number of benzene rings is 1. The molecule has 0 spiro atoms. The summed E-state index contributed by atoms with van der Waals surface area (Å²) in [6.45, 7) is 2.27. The minimum atomic E-state index is -0.380. The third-order valence-corrected chi connectivity index (χ3v) is 2.67. The van der Waals surface area contributed by atoms with Crippen molar-refractivity contribution < 1.29 is 19.1 Å². The molecule has 5 heteroatoms. The van der Waals surface area contributed by atoms with E-state index in [9.17, 15) is 9.59 Å². The Morgan fingerprint density at radius 3 is 2.65 bits per heavy atom. The Bertz CT molecular complexity index is 531. The monoisotopic (exact) mass is 275 g/mol. The molecule has 0 saturated heterocycles. The number of methoxy groups -OCH3 is 1. The molecule has 0 N–H and O–H groups in total. The van der Waals surface area contributed by atoms with Gasteiger partial charge < -0.3 is 9.47 Å². The molecule has 0 amide bonds. The van der Waals surface area contributed by atoms with Gasteiger partial charge in [0.05, 0.1) is 25.7 Å². The Labute approximate surface area is 118 Å². The van der Waals surface area contributed by atoms with Crippen molar-refractivity contribution in [1.82, 2.24) is 0 Å². The predicted molar refractivity (Wildman–Crippen MR) is 72.5 cm³/mol. The van der Waals surface area contributed by atoms with Gasteiger partial charge in [0.1, 0.15) is 11.8 Å². The van der Waals surface area contributed by atoms with E-state index in [1.807, 2.05) is 13.0 Å². The summed E-state index contributed by atoms with van der Waals surface area (Å²) in [5.74, 6) is -0.154. The van der Waals surface area contributed by atoms with Gasteiger partial charge >= 0.3 is 5.97 Å². The fourth-order valence-electron chi connectivity index (χ4n) is 1.62. The fourth-order valence-corrected chi connectivity index (χ4v) is 1.62. The molecule has 0 unspecified atom stereocenters. The van der Waals surface area contributed by atoms with Crippen molar-refractivity contribution in [2.45, 2.75) is 26.2 Å². The van der Waals surface area contributed by atoms with E-state index in [-0.39, 0.29) is 24.6 Å². The molecule has 0 bridgehead atoms. The van der Waals surface area contributed by atoms with Crippen molar-refractivity contribution >= 4 is 11.8 Å². The second-order valence-electron chi connectivity index (χ2n) is 4.17. The molecule has 0 atom stereocenters. The van der Waals surface area contributed by atoms with Crippen molar-refractivity contribution in [3.8, 4) is 11.8 Å². The number of hydrogen-bond donors (Lipinski definition) is 0. The minimum Gasteiger partial charge on any atom is -0.495 e. The SMILES string of the molecule is CCCOC(=O)CCC(=O)c1ccc(OC)c(C#N)c1. The molecule has 0 radical (unpaired) electrons. The zero-order valence-electron chi connectivity index (χ0n) is 11.6. The van der Waals surface area contributed by atoms with Crippen molar-refractivity contribution in [3.05, 3.63) is 29.3 Å². The molecular formula is C15H17NO4. The smallest absolute Gasteiger partial charge is 0.306 e. The molecule has 0 aromatic heterocycles. The number of nitrogens with zero attached hydrogens (tertiary/aromatic N) is 1. The lowest BCUT2D eigenvalue weighted by Gasteiger charge is -2.06. The van der Waals surface area contributed by atoms with Crippen LogP contribution in [0.2, 0.25) is 0 Å². The van der Waals surface area contributed by atoms with Crippen LogP contribution in [0.4, 0.5) is 0 Å². The molecule has 0 aliphatic heterocycles. The van der Waals surface area contributed by atoms with Crippen LogP contribution in [-0.4, -0.2) is 25.5 Å². The van der Waals surface area contributed by atoms with Crippen LogP contribution in [0.5, 0.6) is 5.75 Å². The van der Waals surface area contributed by atoms with Gasteiger partial charge in [0.25, 0.3) is 0 Å². The Morgan fingerprint density at radius 2 is 2.05 bits per heavy atom. The van der Waals surface area contributed by atoms with Crippen molar-refractivity contribution in [2.24, 2.45) is 0 Å². The summed E-state index contributed by atoms with van der Waals surface area (Å²) in [5, 5.41) is 8.96. The van der Waals surface area contributed by atoms with Gasteiger partial charge in [-0.1, -0.05) is 6.92 Å². The van der Waals surface area contributed by atoms with Gasteiger partial charge in [-0.25, -0.2) is 0 Å². The van der Waals surface area contributed by atoms with Crippen LogP contribution in [0.3, 0.4) is 0 Å². The van der Waals surface area contributed by atoms with Crippen molar-refractivity contribution in [3.63, 3.8) is 0 Å². The highest BCUT2D eigenvalue weighted by Crippen LogP contribution is 2.20. The maximum Gasteiger partial charge on any atom is 0.306 e. The van der Waals surface area contributed by atoms with Crippen molar-refractivity contribution in [2.75, 3.05) is 13.7 Å². The molecule has 20 heavy (non-hydrogen) atoms. The Kier molecular flexibility index (Phi) is 6.24. The number of esters is 1. The highest BCUT2D eigenvalue weighted by molar-refractivity contribution is 5.98. The van der Waals surface area contributed by atoms with E-state index in [4.69, 9.17) is 14.7 Å². The molecule has 0 saturated carbocycles. The second kappa shape index (κ2) is 7.95. The summed E-state index contributed by atoms with van der Waals surface area (Å²) >= 11 is 0. The molecular weight excluding hydrogens is 258 g/mol. The lowest BCUT2D eigenvalue weighted by Crippen LogP contribution is -2.09. The van der Waals surface area contributed by atoms with Gasteiger partial charge in [-0.15, -0.1) is 0 Å². The van der Waals surface area contributed by atoms with E-state index in [0.29, 0.717) is 23.5 Å². The molecule has 106 valence electrons. The average molecular weight is 275 g/mol. The van der Waals surface area contributed by atoms with Gasteiger partial charge in [-0.3, -0.25) is 9.59 Å². The molecule has 1 aromatic carbocycles. The van der Waals surface area contributed by atoms with E-state index in [2.05, 4.69) is 0 Å². The fraction of sp³-hybridized carbons (Fsp3) is 0.400. The third kappa shape index (κ3) is 4.39. The van der Waals surface area contributed by atoms with Gasteiger partial charge in [-0.2, -0.15) is 5.26 Å². The van der Waals surface area contributed by atoms with E-state index >= 15 is 0 Å². The Balaban J connectivity index is 2.64. The quantitative estimate of drug-likeness (QED) is 0.564. The van der Waals surface area contributed by atoms with Crippen LogP contribution < -0.4 is 4.74 Å². The molecule has 0 aliphatic rings. The molecule has 0 heterocycles. The maximum absolute atomic E-state index is 11.9.